The number of rotatable bonds is 10. The van der Waals surface area contributed by atoms with Gasteiger partial charge in [0, 0.05) is 39.1 Å². The number of carbonyl (C=O) groups excluding carboxylic acids is 1. The molecule has 1 amide bonds. The van der Waals surface area contributed by atoms with Crippen molar-refractivity contribution in [3.63, 3.8) is 0 Å². The van der Waals surface area contributed by atoms with Gasteiger partial charge >= 0.3 is 0 Å². The van der Waals surface area contributed by atoms with Gasteiger partial charge in [-0.25, -0.2) is 0 Å². The summed E-state index contributed by atoms with van der Waals surface area (Å²) in [6.45, 7) is 6.66. The van der Waals surface area contributed by atoms with E-state index in [9.17, 15) is 4.79 Å². The van der Waals surface area contributed by atoms with E-state index in [-0.39, 0.29) is 12.0 Å². The molecule has 0 spiro atoms. The van der Waals surface area contributed by atoms with Crippen LogP contribution in [-0.4, -0.2) is 55.5 Å². The van der Waals surface area contributed by atoms with E-state index >= 15 is 0 Å². The van der Waals surface area contributed by atoms with Gasteiger partial charge in [0.05, 0.1) is 19.8 Å². The average molecular weight is 473 g/mol. The highest BCUT2D eigenvalue weighted by Crippen LogP contribution is 2.25. The first-order valence-electron chi connectivity index (χ1n) is 12.5. The van der Waals surface area contributed by atoms with Crippen LogP contribution in [0.4, 0.5) is 0 Å². The molecule has 35 heavy (non-hydrogen) atoms. The van der Waals surface area contributed by atoms with E-state index in [1.807, 2.05) is 35.2 Å². The fraction of sp³-hybridized carbons (Fsp3) is 0.367. The highest BCUT2D eigenvalue weighted by molar-refractivity contribution is 5.76. The average Bonchev–Trinajstić information content (AvgIpc) is 2.91. The maximum absolute atomic E-state index is 12.7. The van der Waals surface area contributed by atoms with Gasteiger partial charge in [-0.1, -0.05) is 72.3 Å². The van der Waals surface area contributed by atoms with Crippen molar-refractivity contribution in [3.8, 4) is 5.75 Å². The lowest BCUT2D eigenvalue weighted by molar-refractivity contribution is -0.133. The first kappa shape index (κ1) is 25.0. The van der Waals surface area contributed by atoms with Crippen molar-refractivity contribution < 1.29 is 14.3 Å². The molecular weight excluding hydrogens is 436 g/mol. The summed E-state index contributed by atoms with van der Waals surface area (Å²) in [5.74, 6) is 1.08. The standard InChI is InChI=1S/C30H36N2O3/c1-24-11-13-26(14-12-24)23-35-29(27-9-6-10-28(21-27)34-2)22-31-17-19-32(20-18-31)30(33)16-15-25-7-4-3-5-8-25/h3-14,21,29H,15-20,22-23H2,1-2H3/t29-/m1/s1. The zero-order valence-electron chi connectivity index (χ0n) is 20.9. The third kappa shape index (κ3) is 7.41. The van der Waals surface area contributed by atoms with Gasteiger partial charge in [0.15, 0.2) is 0 Å². The molecule has 1 atom stereocenters. The number of hydrogen-bond acceptors (Lipinski definition) is 4. The number of nitrogens with zero attached hydrogens (tertiary/aromatic N) is 2. The summed E-state index contributed by atoms with van der Waals surface area (Å²) in [6, 6.07) is 26.8. The van der Waals surface area contributed by atoms with Gasteiger partial charge in [-0.15, -0.1) is 0 Å². The normalized spacial score (nSPS) is 15.1. The molecule has 1 aliphatic heterocycles. The smallest absolute Gasteiger partial charge is 0.222 e. The predicted molar refractivity (Wildman–Crippen MR) is 139 cm³/mol. The van der Waals surface area contributed by atoms with Gasteiger partial charge in [0.2, 0.25) is 5.91 Å². The van der Waals surface area contributed by atoms with Gasteiger partial charge in [-0.3, -0.25) is 9.69 Å². The highest BCUT2D eigenvalue weighted by atomic mass is 16.5. The molecule has 0 saturated carbocycles. The van der Waals surface area contributed by atoms with Gasteiger partial charge in [-0.05, 0) is 42.2 Å². The molecule has 0 bridgehead atoms. The van der Waals surface area contributed by atoms with Crippen molar-refractivity contribution >= 4 is 5.91 Å². The van der Waals surface area contributed by atoms with E-state index in [1.165, 1.54) is 11.1 Å². The Hall–Kier alpha value is -3.15. The van der Waals surface area contributed by atoms with Crippen LogP contribution in [0, 0.1) is 6.92 Å². The second-order valence-electron chi connectivity index (χ2n) is 9.23. The lowest BCUT2D eigenvalue weighted by Crippen LogP contribution is -2.49. The quantitative estimate of drug-likeness (QED) is 0.415. The first-order valence-corrected chi connectivity index (χ1v) is 12.5. The van der Waals surface area contributed by atoms with Crippen LogP contribution in [0.15, 0.2) is 78.9 Å². The molecule has 0 aromatic heterocycles. The molecule has 0 unspecified atom stereocenters. The van der Waals surface area contributed by atoms with Crippen molar-refractivity contribution in [3.05, 3.63) is 101 Å². The molecule has 0 N–H and O–H groups in total. The zero-order valence-corrected chi connectivity index (χ0v) is 20.9. The van der Waals surface area contributed by atoms with Gasteiger partial charge in [0.25, 0.3) is 0 Å². The molecule has 1 fully saturated rings. The van der Waals surface area contributed by atoms with E-state index in [0.717, 1.165) is 56.0 Å². The largest absolute Gasteiger partial charge is 0.497 e. The first-order chi connectivity index (χ1) is 17.1. The van der Waals surface area contributed by atoms with E-state index < -0.39 is 0 Å². The predicted octanol–water partition coefficient (Wildman–Crippen LogP) is 5.04. The van der Waals surface area contributed by atoms with Gasteiger partial charge in [0.1, 0.15) is 5.75 Å². The number of aryl methyl sites for hydroxylation is 2. The summed E-state index contributed by atoms with van der Waals surface area (Å²) in [6.07, 6.45) is 1.28. The van der Waals surface area contributed by atoms with Crippen molar-refractivity contribution in [2.24, 2.45) is 0 Å². The van der Waals surface area contributed by atoms with Crippen molar-refractivity contribution in [1.29, 1.82) is 0 Å². The number of piperazine rings is 1. The summed E-state index contributed by atoms with van der Waals surface area (Å²) >= 11 is 0. The van der Waals surface area contributed by atoms with Crippen molar-refractivity contribution in [2.75, 3.05) is 39.8 Å². The molecule has 1 heterocycles. The van der Waals surface area contributed by atoms with Crippen LogP contribution >= 0.6 is 0 Å². The molecule has 184 valence electrons. The number of carbonyl (C=O) groups is 1. The Labute approximate surface area is 209 Å². The maximum Gasteiger partial charge on any atom is 0.222 e. The Morgan fingerprint density at radius 1 is 0.886 bits per heavy atom. The van der Waals surface area contributed by atoms with Crippen LogP contribution in [0.1, 0.15) is 34.8 Å². The minimum absolute atomic E-state index is 0.0771. The molecule has 1 saturated heterocycles. The molecule has 1 aliphatic rings. The van der Waals surface area contributed by atoms with E-state index in [0.29, 0.717) is 13.0 Å². The Kier molecular flexibility index (Phi) is 8.93. The Morgan fingerprint density at radius 2 is 1.63 bits per heavy atom. The molecule has 5 nitrogen and oxygen atoms in total. The molecule has 0 aliphatic carbocycles. The molecule has 5 heteroatoms. The molecule has 3 aromatic carbocycles. The van der Waals surface area contributed by atoms with E-state index in [4.69, 9.17) is 9.47 Å². The fourth-order valence-corrected chi connectivity index (χ4v) is 4.45. The number of benzene rings is 3. The number of ether oxygens (including phenoxy) is 2. The summed E-state index contributed by atoms with van der Waals surface area (Å²) < 4.78 is 11.9. The SMILES string of the molecule is COc1cccc([C@@H](CN2CCN(C(=O)CCc3ccccc3)CC2)OCc2ccc(C)cc2)c1. The van der Waals surface area contributed by atoms with Crippen LogP contribution in [0.5, 0.6) is 5.75 Å². The third-order valence-corrected chi connectivity index (χ3v) is 6.66. The number of hydrogen-bond donors (Lipinski definition) is 0. The second-order valence-corrected chi connectivity index (χ2v) is 9.23. The highest BCUT2D eigenvalue weighted by Gasteiger charge is 2.24. The number of methoxy groups -OCH3 is 1. The molecular formula is C30H36N2O3. The maximum atomic E-state index is 12.7. The topological polar surface area (TPSA) is 42.0 Å². The lowest BCUT2D eigenvalue weighted by Gasteiger charge is -2.36. The summed E-state index contributed by atoms with van der Waals surface area (Å²) in [4.78, 5) is 17.2. The molecule has 4 rings (SSSR count). The summed E-state index contributed by atoms with van der Waals surface area (Å²) in [5.41, 5.74) is 4.73. The summed E-state index contributed by atoms with van der Waals surface area (Å²) in [7, 11) is 1.69. The lowest BCUT2D eigenvalue weighted by atomic mass is 10.1. The third-order valence-electron chi connectivity index (χ3n) is 6.66. The van der Waals surface area contributed by atoms with Crippen LogP contribution < -0.4 is 4.74 Å². The minimum atomic E-state index is -0.0771. The van der Waals surface area contributed by atoms with Crippen LogP contribution in [0.3, 0.4) is 0 Å². The van der Waals surface area contributed by atoms with Crippen LogP contribution in [0.2, 0.25) is 0 Å². The Morgan fingerprint density at radius 3 is 2.34 bits per heavy atom. The molecule has 0 radical (unpaired) electrons. The van der Waals surface area contributed by atoms with Crippen LogP contribution in [-0.2, 0) is 22.6 Å². The van der Waals surface area contributed by atoms with E-state index in [2.05, 4.69) is 60.4 Å². The Bertz CT molecular complexity index is 1060. The minimum Gasteiger partial charge on any atom is -0.497 e. The van der Waals surface area contributed by atoms with E-state index in [1.54, 1.807) is 7.11 Å². The summed E-state index contributed by atoms with van der Waals surface area (Å²) in [5, 5.41) is 0. The monoisotopic (exact) mass is 472 g/mol. The second kappa shape index (κ2) is 12.5. The van der Waals surface area contributed by atoms with Gasteiger partial charge < -0.3 is 14.4 Å². The van der Waals surface area contributed by atoms with Gasteiger partial charge in [-0.2, -0.15) is 0 Å². The van der Waals surface area contributed by atoms with Crippen molar-refractivity contribution in [1.82, 2.24) is 9.80 Å². The number of amides is 1. The van der Waals surface area contributed by atoms with Crippen LogP contribution in [0.25, 0.3) is 0 Å². The zero-order chi connectivity index (χ0) is 24.5. The Balaban J connectivity index is 1.33. The van der Waals surface area contributed by atoms with Crippen molar-refractivity contribution in [2.45, 2.75) is 32.5 Å². The molecule has 3 aromatic rings. The fourth-order valence-electron chi connectivity index (χ4n) is 4.45.